The van der Waals surface area contributed by atoms with Crippen molar-refractivity contribution in [1.29, 1.82) is 0 Å². The highest BCUT2D eigenvalue weighted by molar-refractivity contribution is 6.18. The third-order valence-corrected chi connectivity index (χ3v) is 1.57. The standard InChI is InChI=1S/C7H14ClN/c1-3-4-9-6-7(2)5-8/h3,7,9H,1,4-6H2,2H3. The van der Waals surface area contributed by atoms with Gasteiger partial charge in [-0.2, -0.15) is 0 Å². The summed E-state index contributed by atoms with van der Waals surface area (Å²) in [6.07, 6.45) is 1.85. The van der Waals surface area contributed by atoms with E-state index in [9.17, 15) is 0 Å². The minimum absolute atomic E-state index is 0.562. The molecule has 0 saturated carbocycles. The number of rotatable bonds is 5. The smallest absolute Gasteiger partial charge is 0.0261 e. The van der Waals surface area contributed by atoms with Gasteiger partial charge in [0.1, 0.15) is 0 Å². The Hall–Kier alpha value is -0.0100. The van der Waals surface area contributed by atoms with Crippen LogP contribution >= 0.6 is 11.6 Å². The lowest BCUT2D eigenvalue weighted by Gasteiger charge is -2.05. The van der Waals surface area contributed by atoms with E-state index in [1.807, 2.05) is 6.08 Å². The zero-order chi connectivity index (χ0) is 7.11. The van der Waals surface area contributed by atoms with Crippen LogP contribution in [0, 0.1) is 5.92 Å². The van der Waals surface area contributed by atoms with E-state index in [1.54, 1.807) is 0 Å². The topological polar surface area (TPSA) is 12.0 Å². The molecule has 0 aliphatic carbocycles. The van der Waals surface area contributed by atoms with Gasteiger partial charge in [-0.25, -0.2) is 0 Å². The van der Waals surface area contributed by atoms with Crippen molar-refractivity contribution >= 4 is 11.6 Å². The molecule has 0 rings (SSSR count). The molecule has 0 bridgehead atoms. The average molecular weight is 148 g/mol. The molecule has 0 aliphatic rings. The molecule has 0 aromatic heterocycles. The van der Waals surface area contributed by atoms with E-state index in [0.717, 1.165) is 19.0 Å². The number of hydrogen-bond donors (Lipinski definition) is 1. The molecule has 1 N–H and O–H groups in total. The van der Waals surface area contributed by atoms with Gasteiger partial charge < -0.3 is 5.32 Å². The highest BCUT2D eigenvalue weighted by Crippen LogP contribution is 1.93. The first-order valence-electron chi connectivity index (χ1n) is 3.18. The molecule has 0 spiro atoms. The molecular formula is C7H14ClN. The average Bonchev–Trinajstić information content (AvgIpc) is 1.89. The highest BCUT2D eigenvalue weighted by Gasteiger charge is 1.95. The van der Waals surface area contributed by atoms with Crippen LogP contribution in [0.3, 0.4) is 0 Å². The molecule has 0 saturated heterocycles. The number of alkyl halides is 1. The van der Waals surface area contributed by atoms with Gasteiger partial charge >= 0.3 is 0 Å². The van der Waals surface area contributed by atoms with Crippen LogP contribution in [0.25, 0.3) is 0 Å². The fraction of sp³-hybridized carbons (Fsp3) is 0.714. The summed E-state index contributed by atoms with van der Waals surface area (Å²) < 4.78 is 0. The summed E-state index contributed by atoms with van der Waals surface area (Å²) in [7, 11) is 0. The molecule has 0 fully saturated rings. The number of nitrogens with one attached hydrogen (secondary N) is 1. The highest BCUT2D eigenvalue weighted by atomic mass is 35.5. The van der Waals surface area contributed by atoms with E-state index in [-0.39, 0.29) is 0 Å². The van der Waals surface area contributed by atoms with E-state index in [4.69, 9.17) is 11.6 Å². The van der Waals surface area contributed by atoms with Crippen LogP contribution in [0.4, 0.5) is 0 Å². The SMILES string of the molecule is C=CCNCC(C)CCl. The second-order valence-corrected chi connectivity index (χ2v) is 2.52. The second-order valence-electron chi connectivity index (χ2n) is 2.21. The van der Waals surface area contributed by atoms with Gasteiger partial charge in [-0.05, 0) is 12.5 Å². The zero-order valence-corrected chi connectivity index (χ0v) is 6.62. The monoisotopic (exact) mass is 147 g/mol. The van der Waals surface area contributed by atoms with Crippen molar-refractivity contribution in [2.24, 2.45) is 5.92 Å². The van der Waals surface area contributed by atoms with Gasteiger partial charge in [-0.1, -0.05) is 13.0 Å². The Bertz CT molecular complexity index is 73.3. The molecule has 1 nitrogen and oxygen atoms in total. The Labute approximate surface area is 62.1 Å². The van der Waals surface area contributed by atoms with Crippen molar-refractivity contribution in [3.05, 3.63) is 12.7 Å². The zero-order valence-electron chi connectivity index (χ0n) is 5.86. The summed E-state index contributed by atoms with van der Waals surface area (Å²) in [6.45, 7) is 7.56. The molecule has 0 aromatic rings. The predicted octanol–water partition coefficient (Wildman–Crippen LogP) is 1.64. The Morgan fingerprint density at radius 1 is 1.78 bits per heavy atom. The molecule has 1 unspecified atom stereocenters. The first-order chi connectivity index (χ1) is 4.31. The molecule has 9 heavy (non-hydrogen) atoms. The summed E-state index contributed by atoms with van der Waals surface area (Å²) in [5, 5.41) is 3.18. The summed E-state index contributed by atoms with van der Waals surface area (Å²) in [5.41, 5.74) is 0. The molecule has 0 amide bonds. The van der Waals surface area contributed by atoms with Gasteiger partial charge in [0.15, 0.2) is 0 Å². The van der Waals surface area contributed by atoms with E-state index in [0.29, 0.717) is 5.92 Å². The van der Waals surface area contributed by atoms with E-state index in [2.05, 4.69) is 18.8 Å². The molecule has 0 radical (unpaired) electrons. The van der Waals surface area contributed by atoms with E-state index < -0.39 is 0 Å². The van der Waals surface area contributed by atoms with Gasteiger partial charge in [0, 0.05) is 12.4 Å². The third kappa shape index (κ3) is 5.87. The minimum atomic E-state index is 0.562. The van der Waals surface area contributed by atoms with Crippen LogP contribution in [-0.2, 0) is 0 Å². The van der Waals surface area contributed by atoms with Crippen LogP contribution < -0.4 is 5.32 Å². The molecule has 0 aliphatic heterocycles. The van der Waals surface area contributed by atoms with Crippen molar-refractivity contribution in [3.63, 3.8) is 0 Å². The molecular weight excluding hydrogens is 134 g/mol. The van der Waals surface area contributed by atoms with Crippen molar-refractivity contribution in [1.82, 2.24) is 5.32 Å². The summed E-state index contributed by atoms with van der Waals surface area (Å²) >= 11 is 5.57. The molecule has 0 heterocycles. The van der Waals surface area contributed by atoms with Gasteiger partial charge in [-0.15, -0.1) is 18.2 Å². The van der Waals surface area contributed by atoms with Crippen molar-refractivity contribution in [2.75, 3.05) is 19.0 Å². The number of halogens is 1. The van der Waals surface area contributed by atoms with E-state index in [1.165, 1.54) is 0 Å². The van der Waals surface area contributed by atoms with Gasteiger partial charge in [-0.3, -0.25) is 0 Å². The lowest BCUT2D eigenvalue weighted by molar-refractivity contribution is 0.582. The first-order valence-corrected chi connectivity index (χ1v) is 3.72. The minimum Gasteiger partial charge on any atom is -0.313 e. The molecule has 0 aromatic carbocycles. The van der Waals surface area contributed by atoms with Crippen LogP contribution in [0.2, 0.25) is 0 Å². The fourth-order valence-corrected chi connectivity index (χ4v) is 0.595. The summed E-state index contributed by atoms with van der Waals surface area (Å²) in [6, 6.07) is 0. The van der Waals surface area contributed by atoms with Gasteiger partial charge in [0.2, 0.25) is 0 Å². The normalized spacial score (nSPS) is 13.1. The predicted molar refractivity (Wildman–Crippen MR) is 43.0 cm³/mol. The second kappa shape index (κ2) is 6.12. The van der Waals surface area contributed by atoms with Crippen molar-refractivity contribution in [2.45, 2.75) is 6.92 Å². The Morgan fingerprint density at radius 3 is 2.89 bits per heavy atom. The van der Waals surface area contributed by atoms with Gasteiger partial charge in [0.25, 0.3) is 0 Å². The maximum atomic E-state index is 5.57. The van der Waals surface area contributed by atoms with Crippen molar-refractivity contribution in [3.8, 4) is 0 Å². The van der Waals surface area contributed by atoms with Crippen LogP contribution in [0.15, 0.2) is 12.7 Å². The molecule has 54 valence electrons. The van der Waals surface area contributed by atoms with Crippen LogP contribution in [0.5, 0.6) is 0 Å². The lowest BCUT2D eigenvalue weighted by Crippen LogP contribution is -2.21. The fourth-order valence-electron chi connectivity index (χ4n) is 0.486. The largest absolute Gasteiger partial charge is 0.313 e. The quantitative estimate of drug-likeness (QED) is 0.354. The maximum absolute atomic E-state index is 5.57. The van der Waals surface area contributed by atoms with Crippen LogP contribution in [-0.4, -0.2) is 19.0 Å². The third-order valence-electron chi connectivity index (χ3n) is 1.04. The number of hydrogen-bond acceptors (Lipinski definition) is 1. The van der Waals surface area contributed by atoms with Crippen LogP contribution in [0.1, 0.15) is 6.92 Å². The Kier molecular flexibility index (Phi) is 6.11. The molecule has 2 heteroatoms. The molecule has 1 atom stereocenters. The van der Waals surface area contributed by atoms with Crippen molar-refractivity contribution < 1.29 is 0 Å². The summed E-state index contributed by atoms with van der Waals surface area (Å²) in [4.78, 5) is 0. The lowest BCUT2D eigenvalue weighted by atomic mass is 10.2. The van der Waals surface area contributed by atoms with Gasteiger partial charge in [0.05, 0.1) is 0 Å². The first kappa shape index (κ1) is 8.99. The Morgan fingerprint density at radius 2 is 2.44 bits per heavy atom. The van der Waals surface area contributed by atoms with E-state index >= 15 is 0 Å². The Balaban J connectivity index is 2.96. The summed E-state index contributed by atoms with van der Waals surface area (Å²) in [5.74, 6) is 1.29. The maximum Gasteiger partial charge on any atom is 0.0261 e.